The van der Waals surface area contributed by atoms with Gasteiger partial charge >= 0.3 is 0 Å². The Morgan fingerprint density at radius 1 is 1.36 bits per heavy atom. The molecule has 1 aromatic heterocycles. The molecule has 2 aliphatic heterocycles. The summed E-state index contributed by atoms with van der Waals surface area (Å²) in [5, 5.41) is 5.74. The standard InChI is InChI=1S/C20H24Cl2IN4O/c1-25-8-5-15(24-25)12-10-14(21)19(22)20-18(12)13-11-27(17(28)4-3-7-23)9-6-16(13)26(20)2/h5,8,10,13,16,23H,3-4,6-7,9,11H2,1-2H3/q+1. The number of anilines is 1. The SMILES string of the molecule is CN1c2c(Cl)c(Cl)cc(-c3ccn(C)n3)c2C2CN(C(=O)CCC[IH+])CCC21. The fourth-order valence-corrected chi connectivity index (χ4v) is 5.48. The fourth-order valence-electron chi connectivity index (χ4n) is 4.58. The summed E-state index contributed by atoms with van der Waals surface area (Å²) in [5.74, 6) is 0.476. The predicted molar refractivity (Wildman–Crippen MR) is 110 cm³/mol. The number of rotatable bonds is 4. The second-order valence-electron chi connectivity index (χ2n) is 7.58. The molecule has 1 fully saturated rings. The average Bonchev–Trinajstić information content (AvgIpc) is 3.24. The number of piperidine rings is 1. The number of amides is 1. The molecule has 2 aromatic rings. The summed E-state index contributed by atoms with van der Waals surface area (Å²) in [7, 11) is 3.99. The number of aryl methyl sites for hydroxylation is 1. The highest BCUT2D eigenvalue weighted by molar-refractivity contribution is 6.44. The lowest BCUT2D eigenvalue weighted by atomic mass is 9.85. The molecule has 0 bridgehead atoms. The van der Waals surface area contributed by atoms with E-state index < -0.39 is 0 Å². The van der Waals surface area contributed by atoms with Crippen molar-refractivity contribution in [3.8, 4) is 11.3 Å². The molecule has 4 rings (SSSR count). The van der Waals surface area contributed by atoms with Gasteiger partial charge in [-0.15, -0.1) is 0 Å². The van der Waals surface area contributed by atoms with Gasteiger partial charge in [-0.2, -0.15) is 5.10 Å². The minimum Gasteiger partial charge on any atom is -0.369 e. The van der Waals surface area contributed by atoms with E-state index in [2.05, 4.69) is 17.0 Å². The first kappa shape index (κ1) is 20.3. The van der Waals surface area contributed by atoms with Crippen LogP contribution in [0.3, 0.4) is 0 Å². The van der Waals surface area contributed by atoms with Gasteiger partial charge in [0, 0.05) is 57.3 Å². The number of fused-ring (bicyclic) bond motifs is 3. The van der Waals surface area contributed by atoms with Crippen molar-refractivity contribution in [2.45, 2.75) is 31.2 Å². The van der Waals surface area contributed by atoms with Gasteiger partial charge in [-0.1, -0.05) is 23.2 Å². The number of carbonyl (C=O) groups excluding carboxylic acids is 1. The van der Waals surface area contributed by atoms with Gasteiger partial charge in [-0.25, -0.2) is 0 Å². The zero-order valence-corrected chi connectivity index (χ0v) is 19.8. The Kier molecular flexibility index (Phi) is 5.82. The second-order valence-corrected chi connectivity index (χ2v) is 9.53. The molecule has 5 nitrogen and oxygen atoms in total. The molecule has 28 heavy (non-hydrogen) atoms. The van der Waals surface area contributed by atoms with Gasteiger partial charge in [0.2, 0.25) is 5.91 Å². The van der Waals surface area contributed by atoms with E-state index >= 15 is 0 Å². The average molecular weight is 534 g/mol. The molecule has 1 saturated heterocycles. The van der Waals surface area contributed by atoms with Crippen molar-refractivity contribution in [1.82, 2.24) is 14.7 Å². The second kappa shape index (κ2) is 8.03. The first-order valence-electron chi connectivity index (χ1n) is 9.53. The van der Waals surface area contributed by atoms with Crippen LogP contribution in [0.2, 0.25) is 10.0 Å². The van der Waals surface area contributed by atoms with Crippen molar-refractivity contribution < 1.29 is 27.4 Å². The van der Waals surface area contributed by atoms with Crippen LogP contribution in [0, 0.1) is 0 Å². The molecular weight excluding hydrogens is 510 g/mol. The molecule has 1 amide bonds. The molecule has 0 spiro atoms. The molecule has 2 aliphatic rings. The lowest BCUT2D eigenvalue weighted by molar-refractivity contribution is -0.368. The van der Waals surface area contributed by atoms with Gasteiger partial charge in [0.05, 0.1) is 21.4 Å². The summed E-state index contributed by atoms with van der Waals surface area (Å²) in [4.78, 5) is 17.0. The van der Waals surface area contributed by atoms with Crippen molar-refractivity contribution >= 4 is 34.8 Å². The van der Waals surface area contributed by atoms with E-state index in [1.54, 1.807) is 4.68 Å². The van der Waals surface area contributed by atoms with E-state index in [9.17, 15) is 4.79 Å². The summed E-state index contributed by atoms with van der Waals surface area (Å²) >= 11 is 15.2. The molecule has 0 radical (unpaired) electrons. The third-order valence-corrected chi connectivity index (χ3v) is 7.51. The Hall–Kier alpha value is -0.990. The first-order chi connectivity index (χ1) is 13.4. The van der Waals surface area contributed by atoms with Gasteiger partial charge in [-0.05, 0) is 30.5 Å². The number of likely N-dealkylation sites (N-methyl/N-ethyl adjacent to an activating group) is 1. The normalized spacial score (nSPS) is 21.0. The van der Waals surface area contributed by atoms with Crippen LogP contribution < -0.4 is 27.5 Å². The van der Waals surface area contributed by atoms with E-state index in [0.717, 1.165) is 47.3 Å². The molecule has 2 atom stereocenters. The Morgan fingerprint density at radius 3 is 2.82 bits per heavy atom. The lowest BCUT2D eigenvalue weighted by Gasteiger charge is -2.38. The number of carbonyl (C=O) groups is 1. The lowest BCUT2D eigenvalue weighted by Crippen LogP contribution is -3.35. The highest BCUT2D eigenvalue weighted by Crippen LogP contribution is 2.53. The van der Waals surface area contributed by atoms with Crippen molar-refractivity contribution in [3.63, 3.8) is 0 Å². The fraction of sp³-hybridized carbons (Fsp3) is 0.500. The highest BCUT2D eigenvalue weighted by Gasteiger charge is 2.44. The number of likely N-dealkylation sites (tertiary alicyclic amines) is 1. The molecular formula is C20H24Cl2IN4O+. The van der Waals surface area contributed by atoms with Crippen molar-refractivity contribution in [1.29, 1.82) is 0 Å². The maximum atomic E-state index is 12.7. The van der Waals surface area contributed by atoms with E-state index in [1.807, 2.05) is 52.9 Å². The predicted octanol–water partition coefficient (Wildman–Crippen LogP) is 0.594. The molecule has 3 heterocycles. The minimum atomic E-state index is 0.215. The number of halogens is 3. The maximum absolute atomic E-state index is 12.7. The van der Waals surface area contributed by atoms with Gasteiger partial charge in [-0.3, -0.25) is 9.48 Å². The van der Waals surface area contributed by atoms with Crippen LogP contribution in [0.15, 0.2) is 18.3 Å². The minimum absolute atomic E-state index is 0.215. The number of nitrogens with zero attached hydrogens (tertiary/aromatic N) is 4. The zero-order chi connectivity index (χ0) is 20.0. The van der Waals surface area contributed by atoms with Crippen LogP contribution in [0.5, 0.6) is 0 Å². The smallest absolute Gasteiger partial charge is 0.252 e. The Labute approximate surface area is 189 Å². The van der Waals surface area contributed by atoms with Crippen LogP contribution in [0.25, 0.3) is 11.3 Å². The summed E-state index contributed by atoms with van der Waals surface area (Å²) in [6, 6.07) is 4.25. The Balaban J connectivity index is 1.76. The van der Waals surface area contributed by atoms with E-state index in [-0.39, 0.29) is 11.8 Å². The van der Waals surface area contributed by atoms with Crippen LogP contribution in [-0.4, -0.2) is 51.2 Å². The Morgan fingerprint density at radius 2 is 2.14 bits per heavy atom. The van der Waals surface area contributed by atoms with E-state index in [4.69, 9.17) is 23.2 Å². The summed E-state index contributed by atoms with van der Waals surface area (Å²) in [6.45, 7) is 1.52. The number of hydrogen-bond donors (Lipinski definition) is 0. The number of aromatic nitrogens is 2. The molecule has 8 heteroatoms. The molecule has 150 valence electrons. The van der Waals surface area contributed by atoms with Gasteiger partial charge in [0.25, 0.3) is 22.6 Å². The summed E-state index contributed by atoms with van der Waals surface area (Å²) < 4.78 is 2.84. The summed E-state index contributed by atoms with van der Waals surface area (Å²) in [5.41, 5.74) is 4.08. The largest absolute Gasteiger partial charge is 0.369 e. The third-order valence-electron chi connectivity index (χ3n) is 5.91. The Bertz CT molecular complexity index is 916. The van der Waals surface area contributed by atoms with Crippen molar-refractivity contribution in [2.24, 2.45) is 7.05 Å². The number of hydrogen-bond acceptors (Lipinski definition) is 3. The summed E-state index contributed by atoms with van der Waals surface area (Å²) in [6.07, 6.45) is 4.45. The van der Waals surface area contributed by atoms with E-state index in [1.165, 1.54) is 5.56 Å². The number of alkyl halides is 1. The van der Waals surface area contributed by atoms with Crippen molar-refractivity contribution in [3.05, 3.63) is 33.9 Å². The molecule has 1 aromatic carbocycles. The maximum Gasteiger partial charge on any atom is 0.252 e. The topological polar surface area (TPSA) is 41.4 Å². The van der Waals surface area contributed by atoms with Crippen LogP contribution >= 0.6 is 23.2 Å². The van der Waals surface area contributed by atoms with Crippen LogP contribution in [0.1, 0.15) is 30.7 Å². The quantitative estimate of drug-likeness (QED) is 0.427. The molecule has 0 saturated carbocycles. The first-order valence-corrected chi connectivity index (χ1v) is 11.9. The van der Waals surface area contributed by atoms with Gasteiger partial charge in [0.1, 0.15) is 4.43 Å². The highest BCUT2D eigenvalue weighted by atomic mass is 127. The van der Waals surface area contributed by atoms with Crippen LogP contribution in [0.4, 0.5) is 5.69 Å². The van der Waals surface area contributed by atoms with E-state index in [0.29, 0.717) is 22.5 Å². The molecule has 0 N–H and O–H groups in total. The molecule has 2 unspecified atom stereocenters. The number of benzene rings is 1. The van der Waals surface area contributed by atoms with Gasteiger partial charge in [0.15, 0.2) is 0 Å². The molecule has 0 aliphatic carbocycles. The zero-order valence-electron chi connectivity index (χ0n) is 16.0. The third kappa shape index (κ3) is 3.41. The monoisotopic (exact) mass is 533 g/mol. The van der Waals surface area contributed by atoms with Gasteiger partial charge < -0.3 is 9.80 Å². The van der Waals surface area contributed by atoms with Crippen LogP contribution in [-0.2, 0) is 11.8 Å². The van der Waals surface area contributed by atoms with Crippen molar-refractivity contribution in [2.75, 3.05) is 29.5 Å².